The fourth-order valence-electron chi connectivity index (χ4n) is 1.96. The molecule has 1 fully saturated rings. The molecule has 2 heterocycles. The van der Waals surface area contributed by atoms with Crippen molar-refractivity contribution in [2.24, 2.45) is 0 Å². The van der Waals surface area contributed by atoms with Crippen molar-refractivity contribution in [2.75, 3.05) is 0 Å². The Kier molecular flexibility index (Phi) is 3.53. The number of carbonyl (C=O) groups excluding carboxylic acids is 1. The van der Waals surface area contributed by atoms with Crippen LogP contribution in [0.15, 0.2) is 40.4 Å². The molecule has 0 saturated carbocycles. The highest BCUT2D eigenvalue weighted by molar-refractivity contribution is 7.80. The van der Waals surface area contributed by atoms with Crippen LogP contribution in [-0.4, -0.2) is 11.0 Å². The average molecular weight is 319 g/mol. The Morgan fingerprint density at radius 2 is 2.05 bits per heavy atom. The third-order valence-electron chi connectivity index (χ3n) is 3.09. The van der Waals surface area contributed by atoms with Crippen LogP contribution in [0.5, 0.6) is 0 Å². The molecule has 0 aliphatic carbocycles. The molecule has 1 aliphatic rings. The summed E-state index contributed by atoms with van der Waals surface area (Å²) in [7, 11) is 0. The number of amides is 1. The van der Waals surface area contributed by atoms with Gasteiger partial charge >= 0.3 is 0 Å². The van der Waals surface area contributed by atoms with Gasteiger partial charge in [0.05, 0.1) is 0 Å². The van der Waals surface area contributed by atoms with Crippen LogP contribution in [-0.2, 0) is 4.79 Å². The van der Waals surface area contributed by atoms with Crippen LogP contribution in [0.4, 0.5) is 0 Å². The van der Waals surface area contributed by atoms with E-state index in [2.05, 4.69) is 10.6 Å². The molecule has 0 spiro atoms. The van der Waals surface area contributed by atoms with E-state index < -0.39 is 0 Å². The zero-order valence-electron chi connectivity index (χ0n) is 11.1. The van der Waals surface area contributed by atoms with E-state index in [0.29, 0.717) is 27.4 Å². The van der Waals surface area contributed by atoms with E-state index in [0.717, 1.165) is 11.1 Å². The third-order valence-corrected chi connectivity index (χ3v) is 3.70. The summed E-state index contributed by atoms with van der Waals surface area (Å²) in [6, 6.07) is 9.34. The van der Waals surface area contributed by atoms with Crippen LogP contribution >= 0.6 is 23.8 Å². The molecule has 0 bridgehead atoms. The van der Waals surface area contributed by atoms with Crippen molar-refractivity contribution in [1.29, 1.82) is 0 Å². The van der Waals surface area contributed by atoms with E-state index >= 15 is 0 Å². The average Bonchev–Trinajstić information content (AvgIpc) is 3.01. The summed E-state index contributed by atoms with van der Waals surface area (Å²) in [4.78, 5) is 11.6. The molecule has 1 amide bonds. The third kappa shape index (κ3) is 2.84. The van der Waals surface area contributed by atoms with Crippen molar-refractivity contribution in [3.05, 3.63) is 52.4 Å². The quantitative estimate of drug-likeness (QED) is 0.659. The molecule has 1 saturated heterocycles. The minimum atomic E-state index is -0.267. The van der Waals surface area contributed by atoms with Gasteiger partial charge in [-0.2, -0.15) is 0 Å². The molecule has 2 aromatic rings. The molecule has 1 aromatic heterocycles. The lowest BCUT2D eigenvalue weighted by Crippen LogP contribution is -2.21. The second-order valence-corrected chi connectivity index (χ2v) is 5.45. The first-order valence-electron chi connectivity index (χ1n) is 6.23. The maximum atomic E-state index is 11.6. The molecule has 106 valence electrons. The molecule has 0 radical (unpaired) electrons. The van der Waals surface area contributed by atoms with Gasteiger partial charge in [0.2, 0.25) is 0 Å². The largest absolute Gasteiger partial charge is 0.457 e. The summed E-state index contributed by atoms with van der Waals surface area (Å²) < 4.78 is 5.71. The van der Waals surface area contributed by atoms with Crippen LogP contribution in [0.25, 0.3) is 17.4 Å². The SMILES string of the molecule is Cc1ccc(-c2ccc(/C=C3/NC(=S)NC3=O)o2)cc1Cl. The van der Waals surface area contributed by atoms with Crippen LogP contribution < -0.4 is 10.6 Å². The molecule has 21 heavy (non-hydrogen) atoms. The first-order valence-corrected chi connectivity index (χ1v) is 7.02. The number of furan rings is 1. The highest BCUT2D eigenvalue weighted by Crippen LogP contribution is 2.27. The predicted octanol–water partition coefficient (Wildman–Crippen LogP) is 3.25. The molecule has 1 aliphatic heterocycles. The molecule has 0 atom stereocenters. The Morgan fingerprint density at radius 3 is 2.71 bits per heavy atom. The monoisotopic (exact) mass is 318 g/mol. The molecule has 2 N–H and O–H groups in total. The molecule has 6 heteroatoms. The number of hydrogen-bond acceptors (Lipinski definition) is 3. The number of thiocarbonyl (C=S) groups is 1. The van der Waals surface area contributed by atoms with Crippen LogP contribution in [0.3, 0.4) is 0 Å². The van der Waals surface area contributed by atoms with Gasteiger partial charge in [0.15, 0.2) is 5.11 Å². The first-order chi connectivity index (χ1) is 10.0. The van der Waals surface area contributed by atoms with Crippen LogP contribution in [0.2, 0.25) is 5.02 Å². The summed E-state index contributed by atoms with van der Waals surface area (Å²) in [6.07, 6.45) is 1.61. The van der Waals surface area contributed by atoms with Gasteiger partial charge in [-0.15, -0.1) is 0 Å². The smallest absolute Gasteiger partial charge is 0.274 e. The molecule has 1 aromatic carbocycles. The van der Waals surface area contributed by atoms with Crippen molar-refractivity contribution in [1.82, 2.24) is 10.6 Å². The van der Waals surface area contributed by atoms with E-state index in [1.54, 1.807) is 12.1 Å². The zero-order chi connectivity index (χ0) is 15.0. The number of nitrogens with one attached hydrogen (secondary N) is 2. The summed E-state index contributed by atoms with van der Waals surface area (Å²) in [6.45, 7) is 1.94. The normalized spacial score (nSPS) is 16.2. The van der Waals surface area contributed by atoms with Gasteiger partial charge in [0, 0.05) is 16.7 Å². The lowest BCUT2D eigenvalue weighted by molar-refractivity contribution is -0.115. The minimum Gasteiger partial charge on any atom is -0.457 e. The topological polar surface area (TPSA) is 54.3 Å². The number of benzene rings is 1. The highest BCUT2D eigenvalue weighted by atomic mass is 35.5. The number of aryl methyl sites for hydroxylation is 1. The minimum absolute atomic E-state index is 0.267. The van der Waals surface area contributed by atoms with Gasteiger partial charge in [0.1, 0.15) is 17.2 Å². The first kappa shape index (κ1) is 13.9. The van der Waals surface area contributed by atoms with Crippen LogP contribution in [0, 0.1) is 6.92 Å². The fraction of sp³-hybridized carbons (Fsp3) is 0.0667. The van der Waals surface area contributed by atoms with Gasteiger partial charge < -0.3 is 9.73 Å². The summed E-state index contributed by atoms with van der Waals surface area (Å²) in [5, 5.41) is 6.24. The standard InChI is InChI=1S/C15H11ClN2O2S/c1-8-2-3-9(6-11(8)16)13-5-4-10(20-13)7-12-14(19)18-15(21)17-12/h2-7H,1H3,(H2,17,18,19,21)/b12-7+. The Labute approximate surface area is 131 Å². The van der Waals surface area contributed by atoms with Crippen molar-refractivity contribution in [2.45, 2.75) is 6.92 Å². The summed E-state index contributed by atoms with van der Waals surface area (Å²) in [5.41, 5.74) is 2.26. The Bertz CT molecular complexity index is 780. The Hall–Kier alpha value is -2.11. The van der Waals surface area contributed by atoms with Gasteiger partial charge in [-0.1, -0.05) is 23.7 Å². The highest BCUT2D eigenvalue weighted by Gasteiger charge is 2.20. The van der Waals surface area contributed by atoms with Crippen molar-refractivity contribution < 1.29 is 9.21 Å². The number of halogens is 1. The number of hydrogen-bond donors (Lipinski definition) is 2. The van der Waals surface area contributed by atoms with Crippen molar-refractivity contribution >= 4 is 40.9 Å². The maximum Gasteiger partial charge on any atom is 0.274 e. The van der Waals surface area contributed by atoms with E-state index in [1.165, 1.54) is 0 Å². The second-order valence-electron chi connectivity index (χ2n) is 4.63. The van der Waals surface area contributed by atoms with E-state index in [4.69, 9.17) is 28.2 Å². The molecule has 3 rings (SSSR count). The predicted molar refractivity (Wildman–Crippen MR) is 85.7 cm³/mol. The Balaban J connectivity index is 1.90. The van der Waals surface area contributed by atoms with Crippen LogP contribution in [0.1, 0.15) is 11.3 Å². The summed E-state index contributed by atoms with van der Waals surface area (Å²) in [5.74, 6) is 0.977. The van der Waals surface area contributed by atoms with Gasteiger partial charge in [-0.25, -0.2) is 0 Å². The van der Waals surface area contributed by atoms with E-state index in [-0.39, 0.29) is 5.91 Å². The molecule has 0 unspecified atom stereocenters. The molecular weight excluding hydrogens is 308 g/mol. The maximum absolute atomic E-state index is 11.6. The molecule has 4 nitrogen and oxygen atoms in total. The van der Waals surface area contributed by atoms with E-state index in [1.807, 2.05) is 31.2 Å². The van der Waals surface area contributed by atoms with Gasteiger partial charge in [-0.3, -0.25) is 10.1 Å². The number of carbonyl (C=O) groups is 1. The lowest BCUT2D eigenvalue weighted by Gasteiger charge is -2.00. The zero-order valence-corrected chi connectivity index (χ0v) is 12.6. The molecular formula is C15H11ClN2O2S. The fourth-order valence-corrected chi connectivity index (χ4v) is 2.34. The number of rotatable bonds is 2. The van der Waals surface area contributed by atoms with Gasteiger partial charge in [0.25, 0.3) is 5.91 Å². The summed E-state index contributed by atoms with van der Waals surface area (Å²) >= 11 is 11.0. The van der Waals surface area contributed by atoms with Crippen molar-refractivity contribution in [3.63, 3.8) is 0 Å². The Morgan fingerprint density at radius 1 is 1.24 bits per heavy atom. The second kappa shape index (κ2) is 5.35. The van der Waals surface area contributed by atoms with E-state index in [9.17, 15) is 4.79 Å². The van der Waals surface area contributed by atoms with Gasteiger partial charge in [-0.05, 0) is 42.9 Å². The lowest BCUT2D eigenvalue weighted by atomic mass is 10.1. The van der Waals surface area contributed by atoms with Crippen molar-refractivity contribution in [3.8, 4) is 11.3 Å².